The number of nitrogens with one attached hydrogen (secondary N) is 3. The number of urea groups is 1. The van der Waals surface area contributed by atoms with Gasteiger partial charge in [0, 0.05) is 6.54 Å². The van der Waals surface area contributed by atoms with Gasteiger partial charge in [0.2, 0.25) is 11.8 Å². The van der Waals surface area contributed by atoms with E-state index in [2.05, 4.69) is 16.1 Å². The van der Waals surface area contributed by atoms with Crippen molar-refractivity contribution in [3.05, 3.63) is 0 Å². The molecule has 0 bridgehead atoms. The van der Waals surface area contributed by atoms with Gasteiger partial charge in [-0.2, -0.15) is 0 Å². The summed E-state index contributed by atoms with van der Waals surface area (Å²) in [4.78, 5) is 33.7. The number of carbonyl (C=O) groups is 3. The van der Waals surface area contributed by atoms with Gasteiger partial charge < -0.3 is 22.1 Å². The van der Waals surface area contributed by atoms with Crippen LogP contribution in [0.4, 0.5) is 4.79 Å². The van der Waals surface area contributed by atoms with Gasteiger partial charge in [-0.25, -0.2) is 10.2 Å². The molecule has 0 saturated heterocycles. The second-order valence-corrected chi connectivity index (χ2v) is 4.79. The fourth-order valence-corrected chi connectivity index (χ4v) is 1.64. The predicted molar refractivity (Wildman–Crippen MR) is 73.9 cm³/mol. The number of carbonyl (C=O) groups excluding carboxylic acids is 3. The van der Waals surface area contributed by atoms with Crippen LogP contribution >= 0.6 is 0 Å². The van der Waals surface area contributed by atoms with Crippen LogP contribution < -0.4 is 33.4 Å². The Balaban J connectivity index is 4.36. The molecule has 0 radical (unpaired) electrons. The van der Waals surface area contributed by atoms with Gasteiger partial charge in [-0.1, -0.05) is 13.8 Å². The van der Waals surface area contributed by atoms with Crippen LogP contribution in [0.1, 0.15) is 26.7 Å². The Hall–Kier alpha value is -1.87. The quantitative estimate of drug-likeness (QED) is 0.162. The normalized spacial score (nSPS) is 13.6. The molecule has 0 heterocycles. The van der Waals surface area contributed by atoms with E-state index in [4.69, 9.17) is 17.3 Å². The van der Waals surface area contributed by atoms with Crippen molar-refractivity contribution >= 4 is 17.8 Å². The summed E-state index contributed by atoms with van der Waals surface area (Å²) < 4.78 is 0. The zero-order chi connectivity index (χ0) is 15.7. The number of hydrogen-bond acceptors (Lipinski definition) is 5. The first-order valence-corrected chi connectivity index (χ1v) is 6.38. The van der Waals surface area contributed by atoms with Crippen molar-refractivity contribution in [2.24, 2.45) is 23.2 Å². The number of primary amides is 2. The molecule has 20 heavy (non-hydrogen) atoms. The molecule has 9 heteroatoms. The summed E-state index contributed by atoms with van der Waals surface area (Å²) in [5, 5.41) is 4.92. The van der Waals surface area contributed by atoms with Crippen LogP contribution in [0.15, 0.2) is 0 Å². The van der Waals surface area contributed by atoms with Crippen LogP contribution in [-0.4, -0.2) is 36.5 Å². The summed E-state index contributed by atoms with van der Waals surface area (Å²) in [5.41, 5.74) is 12.5. The summed E-state index contributed by atoms with van der Waals surface area (Å²) in [5.74, 6) is 4.22. The van der Waals surface area contributed by atoms with Crippen molar-refractivity contribution in [2.45, 2.75) is 38.8 Å². The fourth-order valence-electron chi connectivity index (χ4n) is 1.64. The third-order valence-electron chi connectivity index (χ3n) is 2.76. The molecule has 2 unspecified atom stereocenters. The number of nitrogens with two attached hydrogens (primary N) is 3. The average Bonchev–Trinajstić information content (AvgIpc) is 2.32. The van der Waals surface area contributed by atoms with Crippen LogP contribution in [0, 0.1) is 5.92 Å². The maximum atomic E-state index is 11.9. The molecule has 4 amide bonds. The minimum atomic E-state index is -0.813. The SMILES string of the molecule is CC(C)C(NN)C(=O)NC(CCCNC(N)=O)C(N)=O. The summed E-state index contributed by atoms with van der Waals surface area (Å²) >= 11 is 0. The van der Waals surface area contributed by atoms with Crippen molar-refractivity contribution in [3.63, 3.8) is 0 Å². The molecule has 0 aromatic rings. The lowest BCUT2D eigenvalue weighted by molar-refractivity contribution is -0.129. The number of amides is 4. The average molecular weight is 288 g/mol. The Bertz CT molecular complexity index is 347. The van der Waals surface area contributed by atoms with E-state index in [-0.39, 0.29) is 5.92 Å². The minimum Gasteiger partial charge on any atom is -0.368 e. The highest BCUT2D eigenvalue weighted by Gasteiger charge is 2.25. The Morgan fingerprint density at radius 2 is 1.75 bits per heavy atom. The standard InChI is InChI=1S/C11H24N6O3/c1-6(2)8(17-14)10(19)16-7(9(12)18)4-3-5-15-11(13)20/h6-8,17H,3-5,14H2,1-2H3,(H2,12,18)(H,16,19)(H3,13,15,20). The van der Waals surface area contributed by atoms with Crippen LogP contribution in [-0.2, 0) is 9.59 Å². The van der Waals surface area contributed by atoms with Crippen LogP contribution in [0.25, 0.3) is 0 Å². The van der Waals surface area contributed by atoms with Gasteiger partial charge in [0.15, 0.2) is 0 Å². The van der Waals surface area contributed by atoms with E-state index in [0.29, 0.717) is 19.4 Å². The molecule has 9 N–H and O–H groups in total. The van der Waals surface area contributed by atoms with Crippen molar-refractivity contribution in [3.8, 4) is 0 Å². The van der Waals surface area contributed by atoms with E-state index in [9.17, 15) is 14.4 Å². The lowest BCUT2D eigenvalue weighted by atomic mass is 10.0. The van der Waals surface area contributed by atoms with Crippen LogP contribution in [0.3, 0.4) is 0 Å². The minimum absolute atomic E-state index is 0.0370. The lowest BCUT2D eigenvalue weighted by Crippen LogP contribution is -2.55. The molecular formula is C11H24N6O3. The first-order valence-electron chi connectivity index (χ1n) is 6.38. The predicted octanol–water partition coefficient (Wildman–Crippen LogP) is -2.11. The topological polar surface area (TPSA) is 165 Å². The Morgan fingerprint density at radius 3 is 2.15 bits per heavy atom. The molecule has 2 atom stereocenters. The van der Waals surface area contributed by atoms with Crippen LogP contribution in [0.5, 0.6) is 0 Å². The molecule has 0 aromatic heterocycles. The maximum Gasteiger partial charge on any atom is 0.312 e. The summed E-state index contributed by atoms with van der Waals surface area (Å²) in [6, 6.07) is -2.07. The summed E-state index contributed by atoms with van der Waals surface area (Å²) in [7, 11) is 0. The molecule has 9 nitrogen and oxygen atoms in total. The van der Waals surface area contributed by atoms with E-state index in [1.165, 1.54) is 0 Å². The monoisotopic (exact) mass is 288 g/mol. The number of hydrazine groups is 1. The summed E-state index contributed by atoms with van der Waals surface area (Å²) in [6.45, 7) is 3.94. The highest BCUT2D eigenvalue weighted by molar-refractivity contribution is 5.89. The zero-order valence-electron chi connectivity index (χ0n) is 11.8. The summed E-state index contributed by atoms with van der Waals surface area (Å²) in [6.07, 6.45) is 0.760. The number of rotatable bonds is 9. The van der Waals surface area contributed by atoms with Gasteiger partial charge in [-0.3, -0.25) is 15.4 Å². The van der Waals surface area contributed by atoms with Crippen molar-refractivity contribution in [1.29, 1.82) is 0 Å². The van der Waals surface area contributed by atoms with Gasteiger partial charge in [0.05, 0.1) is 0 Å². The third kappa shape index (κ3) is 6.90. The fraction of sp³-hybridized carbons (Fsp3) is 0.727. The number of hydrogen-bond donors (Lipinski definition) is 6. The van der Waals surface area contributed by atoms with Crippen molar-refractivity contribution in [1.82, 2.24) is 16.1 Å². The molecule has 0 spiro atoms. The lowest BCUT2D eigenvalue weighted by Gasteiger charge is -2.22. The zero-order valence-corrected chi connectivity index (χ0v) is 11.8. The maximum absolute atomic E-state index is 11.9. The Kier molecular flexibility index (Phi) is 8.25. The van der Waals surface area contributed by atoms with E-state index in [0.717, 1.165) is 0 Å². The van der Waals surface area contributed by atoms with Crippen molar-refractivity contribution < 1.29 is 14.4 Å². The highest BCUT2D eigenvalue weighted by atomic mass is 16.2. The van der Waals surface area contributed by atoms with E-state index in [1.54, 1.807) is 0 Å². The first kappa shape index (κ1) is 18.1. The van der Waals surface area contributed by atoms with Gasteiger partial charge >= 0.3 is 6.03 Å². The van der Waals surface area contributed by atoms with E-state index < -0.39 is 29.9 Å². The third-order valence-corrected chi connectivity index (χ3v) is 2.76. The molecule has 0 aromatic carbocycles. The van der Waals surface area contributed by atoms with E-state index in [1.807, 2.05) is 13.8 Å². The Morgan fingerprint density at radius 1 is 1.15 bits per heavy atom. The second-order valence-electron chi connectivity index (χ2n) is 4.79. The smallest absolute Gasteiger partial charge is 0.312 e. The first-order chi connectivity index (χ1) is 9.29. The van der Waals surface area contributed by atoms with Crippen molar-refractivity contribution in [2.75, 3.05) is 6.54 Å². The molecule has 0 rings (SSSR count). The molecule has 0 saturated carbocycles. The highest BCUT2D eigenvalue weighted by Crippen LogP contribution is 2.03. The largest absolute Gasteiger partial charge is 0.368 e. The Labute approximate surface area is 118 Å². The van der Waals surface area contributed by atoms with Crippen LogP contribution in [0.2, 0.25) is 0 Å². The molecule has 0 aliphatic rings. The molecular weight excluding hydrogens is 264 g/mol. The van der Waals surface area contributed by atoms with Gasteiger partial charge in [-0.15, -0.1) is 0 Å². The molecule has 116 valence electrons. The van der Waals surface area contributed by atoms with Gasteiger partial charge in [0.25, 0.3) is 0 Å². The molecule has 0 fully saturated rings. The van der Waals surface area contributed by atoms with Gasteiger partial charge in [-0.05, 0) is 18.8 Å². The van der Waals surface area contributed by atoms with E-state index >= 15 is 0 Å². The second kappa shape index (κ2) is 9.10. The van der Waals surface area contributed by atoms with Gasteiger partial charge in [0.1, 0.15) is 12.1 Å². The molecule has 0 aliphatic heterocycles. The molecule has 0 aliphatic carbocycles.